The Balaban J connectivity index is 2.00. The summed E-state index contributed by atoms with van der Waals surface area (Å²) in [6.45, 7) is 3.87. The molecule has 3 rings (SSSR count). The molecule has 4 nitrogen and oxygen atoms in total. The van der Waals surface area contributed by atoms with Crippen LogP contribution in [0.2, 0.25) is 5.02 Å². The molecular formula is C18H14ClNO3. The Morgan fingerprint density at radius 3 is 2.61 bits per heavy atom. The van der Waals surface area contributed by atoms with E-state index in [0.717, 1.165) is 11.1 Å². The Kier molecular flexibility index (Phi) is 3.92. The highest BCUT2D eigenvalue weighted by Gasteiger charge is 2.15. The van der Waals surface area contributed by atoms with E-state index >= 15 is 0 Å². The van der Waals surface area contributed by atoms with Crippen molar-refractivity contribution in [2.24, 2.45) is 0 Å². The van der Waals surface area contributed by atoms with Crippen LogP contribution in [0.3, 0.4) is 0 Å². The Labute approximate surface area is 137 Å². The number of carbonyl (C=O) groups is 1. The van der Waals surface area contributed by atoms with Crippen molar-refractivity contribution in [3.63, 3.8) is 0 Å². The lowest BCUT2D eigenvalue weighted by Crippen LogP contribution is -2.21. The van der Waals surface area contributed by atoms with Gasteiger partial charge in [0.25, 0.3) is 5.91 Å². The molecule has 0 fully saturated rings. The van der Waals surface area contributed by atoms with Crippen LogP contribution in [0.1, 0.15) is 21.5 Å². The van der Waals surface area contributed by atoms with Gasteiger partial charge < -0.3 is 9.73 Å². The summed E-state index contributed by atoms with van der Waals surface area (Å²) in [5, 5.41) is 3.85. The number of fused-ring (bicyclic) bond motifs is 1. The van der Waals surface area contributed by atoms with Crippen molar-refractivity contribution in [2.45, 2.75) is 13.8 Å². The minimum absolute atomic E-state index is 0.0558. The zero-order chi connectivity index (χ0) is 16.6. The lowest BCUT2D eigenvalue weighted by molar-refractivity contribution is 0.102. The summed E-state index contributed by atoms with van der Waals surface area (Å²) >= 11 is 5.94. The van der Waals surface area contributed by atoms with Gasteiger partial charge in [-0.1, -0.05) is 29.3 Å². The molecule has 0 saturated heterocycles. The van der Waals surface area contributed by atoms with Crippen molar-refractivity contribution in [3.8, 4) is 0 Å². The summed E-state index contributed by atoms with van der Waals surface area (Å²) < 4.78 is 5.18. The van der Waals surface area contributed by atoms with Gasteiger partial charge in [-0.15, -0.1) is 0 Å². The van der Waals surface area contributed by atoms with Crippen LogP contribution >= 0.6 is 11.6 Å². The lowest BCUT2D eigenvalue weighted by Gasteiger charge is -2.09. The number of nitrogens with one attached hydrogen (secondary N) is 1. The summed E-state index contributed by atoms with van der Waals surface area (Å²) in [7, 11) is 0. The van der Waals surface area contributed by atoms with E-state index in [1.54, 1.807) is 18.2 Å². The fourth-order valence-electron chi connectivity index (χ4n) is 2.40. The number of benzene rings is 2. The minimum Gasteiger partial charge on any atom is -0.422 e. The van der Waals surface area contributed by atoms with Crippen molar-refractivity contribution in [2.75, 3.05) is 5.32 Å². The van der Waals surface area contributed by atoms with Crippen LogP contribution in [0.25, 0.3) is 11.0 Å². The molecular weight excluding hydrogens is 314 g/mol. The molecule has 0 aliphatic rings. The molecule has 0 atom stereocenters. The summed E-state index contributed by atoms with van der Waals surface area (Å²) in [4.78, 5) is 24.4. The maximum absolute atomic E-state index is 12.4. The van der Waals surface area contributed by atoms with Gasteiger partial charge in [0.05, 0.1) is 0 Å². The van der Waals surface area contributed by atoms with Crippen molar-refractivity contribution < 1.29 is 9.21 Å². The van der Waals surface area contributed by atoms with Crippen LogP contribution in [0.4, 0.5) is 5.69 Å². The maximum atomic E-state index is 12.4. The summed E-state index contributed by atoms with van der Waals surface area (Å²) in [6, 6.07) is 12.0. The molecule has 0 spiro atoms. The quantitative estimate of drug-likeness (QED) is 0.713. The highest BCUT2D eigenvalue weighted by molar-refractivity contribution is 6.31. The smallest absolute Gasteiger partial charge is 0.349 e. The number of aryl methyl sites for hydroxylation is 2. The average molecular weight is 328 g/mol. The predicted octanol–water partition coefficient (Wildman–Crippen LogP) is 4.32. The SMILES string of the molecule is Cc1ccc(NC(=O)c2cc3cc(Cl)ccc3oc2=O)c(C)c1. The second kappa shape index (κ2) is 5.89. The average Bonchev–Trinajstić information content (AvgIpc) is 2.49. The van der Waals surface area contributed by atoms with Gasteiger partial charge in [-0.25, -0.2) is 4.79 Å². The van der Waals surface area contributed by atoms with E-state index in [-0.39, 0.29) is 5.56 Å². The first-order valence-corrected chi connectivity index (χ1v) is 7.44. The third-order valence-corrected chi connectivity index (χ3v) is 3.80. The second-order valence-corrected chi connectivity index (χ2v) is 5.84. The molecule has 0 unspecified atom stereocenters. The highest BCUT2D eigenvalue weighted by atomic mass is 35.5. The number of anilines is 1. The molecule has 0 saturated carbocycles. The van der Waals surface area contributed by atoms with Crippen LogP contribution in [-0.2, 0) is 0 Å². The van der Waals surface area contributed by atoms with Gasteiger partial charge in [-0.3, -0.25) is 4.79 Å². The molecule has 5 heteroatoms. The Morgan fingerprint density at radius 1 is 1.09 bits per heavy atom. The first-order valence-electron chi connectivity index (χ1n) is 7.06. The molecule has 2 aromatic carbocycles. The molecule has 1 amide bonds. The number of hydrogen-bond donors (Lipinski definition) is 1. The van der Waals surface area contributed by atoms with Crippen LogP contribution in [-0.4, -0.2) is 5.91 Å². The van der Waals surface area contributed by atoms with Gasteiger partial charge in [0.2, 0.25) is 0 Å². The second-order valence-electron chi connectivity index (χ2n) is 5.40. The first-order chi connectivity index (χ1) is 10.9. The topological polar surface area (TPSA) is 59.3 Å². The summed E-state index contributed by atoms with van der Waals surface area (Å²) in [6.07, 6.45) is 0. The third kappa shape index (κ3) is 3.12. The Morgan fingerprint density at radius 2 is 1.87 bits per heavy atom. The number of halogens is 1. The van der Waals surface area contributed by atoms with Crippen LogP contribution in [0, 0.1) is 13.8 Å². The molecule has 0 aliphatic carbocycles. The van der Waals surface area contributed by atoms with E-state index in [1.807, 2.05) is 32.0 Å². The van der Waals surface area contributed by atoms with Gasteiger partial charge in [0.15, 0.2) is 0 Å². The molecule has 1 heterocycles. The zero-order valence-electron chi connectivity index (χ0n) is 12.6. The maximum Gasteiger partial charge on any atom is 0.349 e. The largest absolute Gasteiger partial charge is 0.422 e. The lowest BCUT2D eigenvalue weighted by atomic mass is 10.1. The highest BCUT2D eigenvalue weighted by Crippen LogP contribution is 2.20. The predicted molar refractivity (Wildman–Crippen MR) is 91.4 cm³/mol. The number of hydrogen-bond acceptors (Lipinski definition) is 3. The van der Waals surface area contributed by atoms with E-state index < -0.39 is 11.5 Å². The van der Waals surface area contributed by atoms with E-state index in [2.05, 4.69) is 5.32 Å². The molecule has 0 aliphatic heterocycles. The summed E-state index contributed by atoms with van der Waals surface area (Å²) in [5.41, 5.74) is 2.34. The van der Waals surface area contributed by atoms with Crippen LogP contribution in [0.5, 0.6) is 0 Å². The standard InChI is InChI=1S/C18H14ClNO3/c1-10-3-5-15(11(2)7-10)20-17(21)14-9-12-8-13(19)4-6-16(12)23-18(14)22/h3-9H,1-2H3,(H,20,21). The number of amides is 1. The van der Waals surface area contributed by atoms with E-state index in [0.29, 0.717) is 21.7 Å². The molecule has 116 valence electrons. The van der Waals surface area contributed by atoms with E-state index in [4.69, 9.17) is 16.0 Å². The molecule has 1 aromatic heterocycles. The van der Waals surface area contributed by atoms with Crippen LogP contribution in [0.15, 0.2) is 51.7 Å². The third-order valence-electron chi connectivity index (χ3n) is 3.57. The molecule has 0 radical (unpaired) electrons. The van der Waals surface area contributed by atoms with Gasteiger partial charge in [0, 0.05) is 16.1 Å². The molecule has 3 aromatic rings. The molecule has 23 heavy (non-hydrogen) atoms. The van der Waals surface area contributed by atoms with E-state index in [1.165, 1.54) is 6.07 Å². The van der Waals surface area contributed by atoms with Gasteiger partial charge in [-0.2, -0.15) is 0 Å². The first kappa shape index (κ1) is 15.3. The zero-order valence-corrected chi connectivity index (χ0v) is 13.4. The van der Waals surface area contributed by atoms with Gasteiger partial charge in [-0.05, 0) is 49.7 Å². The van der Waals surface area contributed by atoms with Crippen LogP contribution < -0.4 is 10.9 Å². The van der Waals surface area contributed by atoms with Crippen molar-refractivity contribution in [3.05, 3.63) is 74.6 Å². The fraction of sp³-hybridized carbons (Fsp3) is 0.111. The van der Waals surface area contributed by atoms with Gasteiger partial charge in [0.1, 0.15) is 11.1 Å². The Bertz CT molecular complexity index is 976. The van der Waals surface area contributed by atoms with E-state index in [9.17, 15) is 9.59 Å². The molecule has 0 bridgehead atoms. The number of rotatable bonds is 2. The van der Waals surface area contributed by atoms with Gasteiger partial charge >= 0.3 is 5.63 Å². The minimum atomic E-state index is -0.679. The molecule has 1 N–H and O–H groups in total. The fourth-order valence-corrected chi connectivity index (χ4v) is 2.58. The van der Waals surface area contributed by atoms with Crippen molar-refractivity contribution in [1.29, 1.82) is 0 Å². The van der Waals surface area contributed by atoms with Crippen molar-refractivity contribution in [1.82, 2.24) is 0 Å². The van der Waals surface area contributed by atoms with Crippen molar-refractivity contribution >= 4 is 34.2 Å². The Hall–Kier alpha value is -2.59. The monoisotopic (exact) mass is 327 g/mol. The normalized spacial score (nSPS) is 10.7. The summed E-state index contributed by atoms with van der Waals surface area (Å²) in [5.74, 6) is -0.507. The number of carbonyl (C=O) groups excluding carboxylic acids is 1.